The maximum atomic E-state index is 12.7. The van der Waals surface area contributed by atoms with Crippen LogP contribution < -0.4 is 5.32 Å². The number of urea groups is 1. The van der Waals surface area contributed by atoms with Crippen molar-refractivity contribution in [2.75, 3.05) is 19.0 Å². The van der Waals surface area contributed by atoms with E-state index in [1.54, 1.807) is 37.3 Å². The zero-order chi connectivity index (χ0) is 20.1. The van der Waals surface area contributed by atoms with Crippen LogP contribution in [0.4, 0.5) is 10.6 Å². The van der Waals surface area contributed by atoms with Gasteiger partial charge in [0.25, 0.3) is 0 Å². The van der Waals surface area contributed by atoms with Gasteiger partial charge in [-0.15, -0.1) is 0 Å². The van der Waals surface area contributed by atoms with Crippen molar-refractivity contribution >= 4 is 28.7 Å². The van der Waals surface area contributed by atoms with Gasteiger partial charge in [-0.1, -0.05) is 30.3 Å². The van der Waals surface area contributed by atoms with Crippen molar-refractivity contribution in [3.63, 3.8) is 0 Å². The van der Waals surface area contributed by atoms with Crippen molar-refractivity contribution in [1.82, 2.24) is 14.9 Å². The van der Waals surface area contributed by atoms with Gasteiger partial charge in [-0.3, -0.25) is 15.0 Å². The van der Waals surface area contributed by atoms with Gasteiger partial charge < -0.3 is 4.74 Å². The van der Waals surface area contributed by atoms with E-state index in [-0.39, 0.29) is 11.1 Å². The topological polar surface area (TPSA) is 84.4 Å². The number of hydrogen-bond donors (Lipinski definition) is 1. The number of carbonyl (C=O) groups is 2. The van der Waals surface area contributed by atoms with Crippen LogP contribution in [0.25, 0.3) is 0 Å². The summed E-state index contributed by atoms with van der Waals surface area (Å²) in [4.78, 5) is 36.2. The Morgan fingerprint density at radius 2 is 2.07 bits per heavy atom. The third-order valence-corrected chi connectivity index (χ3v) is 5.52. The lowest BCUT2D eigenvalue weighted by atomic mass is 10.2. The molecule has 0 spiro atoms. The van der Waals surface area contributed by atoms with Gasteiger partial charge in [0.1, 0.15) is 11.6 Å². The highest BCUT2D eigenvalue weighted by Crippen LogP contribution is 2.32. The van der Waals surface area contributed by atoms with E-state index in [2.05, 4.69) is 15.3 Å². The fourth-order valence-electron chi connectivity index (χ4n) is 2.80. The number of methoxy groups -OCH3 is 1. The van der Waals surface area contributed by atoms with E-state index in [9.17, 15) is 9.59 Å². The number of nitrogens with zero attached hydrogens (tertiary/aromatic N) is 3. The molecule has 0 aliphatic carbocycles. The van der Waals surface area contributed by atoms with E-state index in [4.69, 9.17) is 4.74 Å². The molecule has 7 nitrogen and oxygen atoms in total. The second kappa shape index (κ2) is 8.99. The average molecular weight is 398 g/mol. The summed E-state index contributed by atoms with van der Waals surface area (Å²) in [6.45, 7) is 4.43. The van der Waals surface area contributed by atoms with E-state index >= 15 is 0 Å². The number of ether oxygens (including phenoxy) is 1. The summed E-state index contributed by atoms with van der Waals surface area (Å²) < 4.78 is 5.20. The maximum absolute atomic E-state index is 12.7. The maximum Gasteiger partial charge on any atom is 0.327 e. The first-order valence-electron chi connectivity index (χ1n) is 8.86. The van der Waals surface area contributed by atoms with Crippen LogP contribution in [-0.4, -0.2) is 39.7 Å². The average Bonchev–Trinajstić information content (AvgIpc) is 2.70. The standard InChI is InChI=1S/C20H22N4O3S/c1-13(24-12-16-11-21-14(2)22-18(16)23-20(24)26)17(9-10-27-3)28-19(25)15-7-5-4-6-8-15/h4-8,11H,9-10,12H2,1-3H3,(H,21,22,23,26)/b17-13-. The molecule has 0 bridgehead atoms. The molecular formula is C20H22N4O3S. The number of aryl methyl sites for hydroxylation is 1. The van der Waals surface area contributed by atoms with Crippen LogP contribution in [0.1, 0.15) is 35.1 Å². The van der Waals surface area contributed by atoms with Gasteiger partial charge >= 0.3 is 6.03 Å². The highest BCUT2D eigenvalue weighted by atomic mass is 32.2. The summed E-state index contributed by atoms with van der Waals surface area (Å²) >= 11 is 1.13. The Balaban J connectivity index is 1.87. The Labute approximate surface area is 168 Å². The molecule has 3 rings (SSSR count). The number of thioether (sulfide) groups is 1. The smallest absolute Gasteiger partial charge is 0.327 e. The number of nitrogens with one attached hydrogen (secondary N) is 1. The van der Waals surface area contributed by atoms with Crippen LogP contribution in [0, 0.1) is 6.92 Å². The van der Waals surface area contributed by atoms with Crippen LogP contribution in [0.2, 0.25) is 0 Å². The van der Waals surface area contributed by atoms with Gasteiger partial charge in [-0.05, 0) is 25.6 Å². The van der Waals surface area contributed by atoms with E-state index < -0.39 is 0 Å². The Hall–Kier alpha value is -2.71. The van der Waals surface area contributed by atoms with Crippen LogP contribution >= 0.6 is 11.8 Å². The highest BCUT2D eigenvalue weighted by molar-refractivity contribution is 8.17. The van der Waals surface area contributed by atoms with Crippen LogP contribution in [0.15, 0.2) is 47.1 Å². The van der Waals surface area contributed by atoms with Gasteiger partial charge in [0, 0.05) is 41.5 Å². The number of rotatable bonds is 6. The van der Waals surface area contributed by atoms with E-state index in [0.29, 0.717) is 36.8 Å². The van der Waals surface area contributed by atoms with Gasteiger partial charge in [0.05, 0.1) is 13.2 Å². The van der Waals surface area contributed by atoms with Crippen molar-refractivity contribution in [1.29, 1.82) is 0 Å². The molecule has 1 aromatic carbocycles. The van der Waals surface area contributed by atoms with Crippen LogP contribution in [0.5, 0.6) is 0 Å². The second-order valence-corrected chi connectivity index (χ2v) is 7.38. The molecule has 0 unspecified atom stereocenters. The minimum absolute atomic E-state index is 0.0668. The quantitative estimate of drug-likeness (QED) is 0.792. The highest BCUT2D eigenvalue weighted by Gasteiger charge is 2.27. The molecule has 0 saturated carbocycles. The molecule has 146 valence electrons. The monoisotopic (exact) mass is 398 g/mol. The predicted molar refractivity (Wildman–Crippen MR) is 109 cm³/mol. The zero-order valence-electron chi connectivity index (χ0n) is 16.1. The van der Waals surface area contributed by atoms with Gasteiger partial charge in [-0.2, -0.15) is 0 Å². The summed E-state index contributed by atoms with van der Waals surface area (Å²) in [6, 6.07) is 8.82. The number of aromatic nitrogens is 2. The Morgan fingerprint density at radius 3 is 2.79 bits per heavy atom. The minimum Gasteiger partial charge on any atom is -0.384 e. The SMILES string of the molecule is COCC/C(SC(=O)c1ccccc1)=C(\C)N1Cc2cnc(C)nc2NC1=O. The third kappa shape index (κ3) is 4.58. The Morgan fingerprint density at radius 1 is 1.32 bits per heavy atom. The lowest BCUT2D eigenvalue weighted by molar-refractivity contribution is 0.108. The molecule has 0 fully saturated rings. The van der Waals surface area contributed by atoms with Gasteiger partial charge in [-0.25, -0.2) is 14.8 Å². The van der Waals surface area contributed by atoms with Crippen molar-refractivity contribution in [2.24, 2.45) is 0 Å². The Kier molecular flexibility index (Phi) is 6.43. The fourth-order valence-corrected chi connectivity index (χ4v) is 3.72. The summed E-state index contributed by atoms with van der Waals surface area (Å²) in [7, 11) is 1.61. The lowest BCUT2D eigenvalue weighted by Gasteiger charge is -2.30. The van der Waals surface area contributed by atoms with Crippen molar-refractivity contribution in [2.45, 2.75) is 26.8 Å². The van der Waals surface area contributed by atoms with Crippen molar-refractivity contribution in [3.8, 4) is 0 Å². The number of amides is 2. The third-order valence-electron chi connectivity index (χ3n) is 4.35. The molecule has 1 N–H and O–H groups in total. The largest absolute Gasteiger partial charge is 0.384 e. The normalized spacial score (nSPS) is 14.2. The number of anilines is 1. The summed E-state index contributed by atoms with van der Waals surface area (Å²) in [5, 5.41) is 2.74. The molecule has 28 heavy (non-hydrogen) atoms. The zero-order valence-corrected chi connectivity index (χ0v) is 16.9. The number of fused-ring (bicyclic) bond motifs is 1. The molecule has 2 heterocycles. The molecule has 0 atom stereocenters. The molecule has 1 aliphatic heterocycles. The lowest BCUT2D eigenvalue weighted by Crippen LogP contribution is -2.38. The first-order valence-corrected chi connectivity index (χ1v) is 9.68. The molecule has 1 aliphatic rings. The van der Waals surface area contributed by atoms with Crippen molar-refractivity contribution < 1.29 is 14.3 Å². The number of allylic oxidation sites excluding steroid dienone is 1. The van der Waals surface area contributed by atoms with Crippen molar-refractivity contribution in [3.05, 3.63) is 64.1 Å². The van der Waals surface area contributed by atoms with Crippen LogP contribution in [0.3, 0.4) is 0 Å². The van der Waals surface area contributed by atoms with Gasteiger partial charge in [0.2, 0.25) is 5.12 Å². The predicted octanol–water partition coefficient (Wildman–Crippen LogP) is 3.97. The first kappa shape index (κ1) is 20.0. The summed E-state index contributed by atoms with van der Waals surface area (Å²) in [6.07, 6.45) is 2.25. The fraction of sp³-hybridized carbons (Fsp3) is 0.300. The molecule has 1 aromatic heterocycles. The number of hydrogen-bond acceptors (Lipinski definition) is 6. The molecule has 8 heteroatoms. The summed E-state index contributed by atoms with van der Waals surface area (Å²) in [5.74, 6) is 1.14. The van der Waals surface area contributed by atoms with Gasteiger partial charge in [0.15, 0.2) is 0 Å². The summed E-state index contributed by atoms with van der Waals surface area (Å²) in [5.41, 5.74) is 2.16. The minimum atomic E-state index is -0.272. The first-order chi connectivity index (χ1) is 13.5. The van der Waals surface area contributed by atoms with E-state index in [0.717, 1.165) is 27.9 Å². The van der Waals surface area contributed by atoms with Crippen LogP contribution in [-0.2, 0) is 11.3 Å². The number of carbonyl (C=O) groups excluding carboxylic acids is 2. The molecular weight excluding hydrogens is 376 g/mol. The Bertz CT molecular complexity index is 915. The van der Waals surface area contributed by atoms with E-state index in [1.807, 2.05) is 25.1 Å². The molecule has 0 radical (unpaired) electrons. The molecule has 0 saturated heterocycles. The number of benzene rings is 1. The second-order valence-electron chi connectivity index (χ2n) is 6.31. The molecule has 2 aromatic rings. The van der Waals surface area contributed by atoms with E-state index in [1.165, 1.54) is 0 Å². The molecule has 2 amide bonds.